The van der Waals surface area contributed by atoms with Gasteiger partial charge in [-0.25, -0.2) is 0 Å². The maximum absolute atomic E-state index is 11.9. The van der Waals surface area contributed by atoms with Crippen molar-refractivity contribution < 1.29 is 4.79 Å². The Balaban J connectivity index is 2.53. The Morgan fingerprint density at radius 3 is 2.60 bits per heavy atom. The second kappa shape index (κ2) is 5.47. The highest BCUT2D eigenvalue weighted by atomic mass is 16.2. The van der Waals surface area contributed by atoms with Crippen molar-refractivity contribution in [3.8, 4) is 0 Å². The van der Waals surface area contributed by atoms with E-state index in [1.54, 1.807) is 0 Å². The highest BCUT2D eigenvalue weighted by molar-refractivity contribution is 5.80. The van der Waals surface area contributed by atoms with E-state index in [1.165, 1.54) is 0 Å². The molecule has 0 aromatic heterocycles. The van der Waals surface area contributed by atoms with Crippen molar-refractivity contribution in [1.29, 1.82) is 0 Å². The molecule has 1 rings (SSSR count). The predicted octanol–water partition coefficient (Wildman–Crippen LogP) is 0.230. The monoisotopic (exact) mass is 213 g/mol. The van der Waals surface area contributed by atoms with E-state index in [4.69, 9.17) is 5.73 Å². The summed E-state index contributed by atoms with van der Waals surface area (Å²) in [6.45, 7) is 6.42. The number of rotatable bonds is 5. The van der Waals surface area contributed by atoms with E-state index >= 15 is 0 Å². The summed E-state index contributed by atoms with van der Waals surface area (Å²) >= 11 is 0. The first kappa shape index (κ1) is 12.5. The minimum atomic E-state index is -0.195. The quantitative estimate of drug-likeness (QED) is 0.612. The van der Waals surface area contributed by atoms with Crippen LogP contribution in [0.3, 0.4) is 0 Å². The number of hydrogen-bond donors (Lipinski definition) is 3. The number of amides is 1. The molecule has 1 unspecified atom stereocenters. The van der Waals surface area contributed by atoms with Crippen molar-refractivity contribution in [2.75, 3.05) is 19.6 Å². The van der Waals surface area contributed by atoms with Gasteiger partial charge in [-0.05, 0) is 25.8 Å². The smallest absolute Gasteiger partial charge is 0.224 e. The van der Waals surface area contributed by atoms with Gasteiger partial charge in [0.2, 0.25) is 5.91 Å². The van der Waals surface area contributed by atoms with E-state index in [2.05, 4.69) is 24.5 Å². The predicted molar refractivity (Wildman–Crippen MR) is 61.5 cm³/mol. The second-order valence-corrected chi connectivity index (χ2v) is 4.37. The number of carbonyl (C=O) groups excluding carboxylic acids is 1. The summed E-state index contributed by atoms with van der Waals surface area (Å²) in [5, 5.41) is 6.32. The van der Waals surface area contributed by atoms with Gasteiger partial charge in [-0.15, -0.1) is 0 Å². The van der Waals surface area contributed by atoms with Gasteiger partial charge in [0.25, 0.3) is 0 Å². The van der Waals surface area contributed by atoms with Gasteiger partial charge in [-0.3, -0.25) is 4.79 Å². The first-order valence-corrected chi connectivity index (χ1v) is 5.90. The highest BCUT2D eigenvalue weighted by Crippen LogP contribution is 2.16. The molecule has 0 aromatic rings. The van der Waals surface area contributed by atoms with Crippen LogP contribution in [0.5, 0.6) is 0 Å². The van der Waals surface area contributed by atoms with Crippen molar-refractivity contribution in [3.05, 3.63) is 0 Å². The fourth-order valence-corrected chi connectivity index (χ4v) is 2.01. The summed E-state index contributed by atoms with van der Waals surface area (Å²) in [6.07, 6.45) is 2.73. The third-order valence-corrected chi connectivity index (χ3v) is 3.56. The maximum atomic E-state index is 11.9. The number of hydrogen-bond acceptors (Lipinski definition) is 3. The van der Waals surface area contributed by atoms with Crippen LogP contribution in [0.25, 0.3) is 0 Å². The summed E-state index contributed by atoms with van der Waals surface area (Å²) in [7, 11) is 0. The van der Waals surface area contributed by atoms with Crippen molar-refractivity contribution in [1.82, 2.24) is 10.6 Å². The van der Waals surface area contributed by atoms with Gasteiger partial charge in [0.05, 0.1) is 11.5 Å². The Kier molecular flexibility index (Phi) is 4.54. The summed E-state index contributed by atoms with van der Waals surface area (Å²) in [4.78, 5) is 11.9. The molecule has 0 bridgehead atoms. The standard InChI is InChI=1S/C11H23N3O/c1-3-11(4-2,8-12)14-10(15)9-5-6-13-7-9/h9,13H,3-8,12H2,1-2H3,(H,14,15). The molecule has 1 heterocycles. The summed E-state index contributed by atoms with van der Waals surface area (Å²) in [6, 6.07) is 0. The molecule has 0 saturated carbocycles. The van der Waals surface area contributed by atoms with Gasteiger partial charge >= 0.3 is 0 Å². The second-order valence-electron chi connectivity index (χ2n) is 4.37. The zero-order valence-electron chi connectivity index (χ0n) is 9.81. The Hall–Kier alpha value is -0.610. The van der Waals surface area contributed by atoms with Crippen molar-refractivity contribution in [3.63, 3.8) is 0 Å². The number of nitrogens with one attached hydrogen (secondary N) is 2. The van der Waals surface area contributed by atoms with Crippen LogP contribution in [0.15, 0.2) is 0 Å². The van der Waals surface area contributed by atoms with E-state index in [9.17, 15) is 4.79 Å². The van der Waals surface area contributed by atoms with Gasteiger partial charge in [0.1, 0.15) is 0 Å². The van der Waals surface area contributed by atoms with Gasteiger partial charge in [-0.1, -0.05) is 13.8 Å². The lowest BCUT2D eigenvalue weighted by molar-refractivity contribution is -0.126. The zero-order chi connectivity index (χ0) is 11.3. The Bertz CT molecular complexity index is 200. The molecular formula is C11H23N3O. The molecule has 1 aliphatic heterocycles. The molecule has 1 saturated heterocycles. The third-order valence-electron chi connectivity index (χ3n) is 3.56. The normalized spacial score (nSPS) is 21.7. The van der Waals surface area contributed by atoms with Crippen molar-refractivity contribution in [2.24, 2.45) is 11.7 Å². The van der Waals surface area contributed by atoms with E-state index in [-0.39, 0.29) is 17.4 Å². The first-order valence-electron chi connectivity index (χ1n) is 5.90. The molecule has 88 valence electrons. The topological polar surface area (TPSA) is 67.1 Å². The molecule has 1 amide bonds. The van der Waals surface area contributed by atoms with E-state index in [0.29, 0.717) is 6.54 Å². The first-order chi connectivity index (χ1) is 7.17. The minimum absolute atomic E-state index is 0.133. The van der Waals surface area contributed by atoms with Crippen LogP contribution in [-0.4, -0.2) is 31.1 Å². The fourth-order valence-electron chi connectivity index (χ4n) is 2.01. The zero-order valence-corrected chi connectivity index (χ0v) is 9.81. The lowest BCUT2D eigenvalue weighted by atomic mass is 9.92. The van der Waals surface area contributed by atoms with Crippen LogP contribution in [-0.2, 0) is 4.79 Å². The van der Waals surface area contributed by atoms with Crippen LogP contribution < -0.4 is 16.4 Å². The molecule has 4 nitrogen and oxygen atoms in total. The number of carbonyl (C=O) groups is 1. The Morgan fingerprint density at radius 2 is 2.20 bits per heavy atom. The van der Waals surface area contributed by atoms with Crippen LogP contribution in [0, 0.1) is 5.92 Å². The molecule has 0 spiro atoms. The Morgan fingerprint density at radius 1 is 1.53 bits per heavy atom. The van der Waals surface area contributed by atoms with E-state index < -0.39 is 0 Å². The number of nitrogens with two attached hydrogens (primary N) is 1. The lowest BCUT2D eigenvalue weighted by Crippen LogP contribution is -2.54. The van der Waals surface area contributed by atoms with Crippen LogP contribution >= 0.6 is 0 Å². The summed E-state index contributed by atoms with van der Waals surface area (Å²) in [5.74, 6) is 0.295. The minimum Gasteiger partial charge on any atom is -0.349 e. The average Bonchev–Trinajstić information content (AvgIpc) is 2.79. The molecule has 1 atom stereocenters. The molecule has 15 heavy (non-hydrogen) atoms. The molecule has 0 aromatic carbocycles. The molecule has 4 N–H and O–H groups in total. The molecule has 1 aliphatic rings. The van der Waals surface area contributed by atoms with Crippen LogP contribution in [0.2, 0.25) is 0 Å². The SMILES string of the molecule is CCC(CC)(CN)NC(=O)C1CCNC1. The summed E-state index contributed by atoms with van der Waals surface area (Å²) < 4.78 is 0. The largest absolute Gasteiger partial charge is 0.349 e. The van der Waals surface area contributed by atoms with Gasteiger partial charge in [0, 0.05) is 13.1 Å². The lowest BCUT2D eigenvalue weighted by Gasteiger charge is -2.32. The molecule has 1 fully saturated rings. The molecular weight excluding hydrogens is 190 g/mol. The van der Waals surface area contributed by atoms with Gasteiger partial charge in [0.15, 0.2) is 0 Å². The van der Waals surface area contributed by atoms with Crippen LogP contribution in [0.4, 0.5) is 0 Å². The summed E-state index contributed by atoms with van der Waals surface area (Å²) in [5.41, 5.74) is 5.55. The molecule has 0 aliphatic carbocycles. The van der Waals surface area contributed by atoms with Crippen molar-refractivity contribution in [2.45, 2.75) is 38.6 Å². The third kappa shape index (κ3) is 2.92. The molecule has 0 radical (unpaired) electrons. The van der Waals surface area contributed by atoms with Crippen molar-refractivity contribution >= 4 is 5.91 Å². The van der Waals surface area contributed by atoms with E-state index in [0.717, 1.165) is 32.4 Å². The van der Waals surface area contributed by atoms with E-state index in [1.807, 2.05) is 0 Å². The Labute approximate surface area is 92.0 Å². The van der Waals surface area contributed by atoms with Gasteiger partial charge < -0.3 is 16.4 Å². The molecule has 4 heteroatoms. The maximum Gasteiger partial charge on any atom is 0.224 e. The highest BCUT2D eigenvalue weighted by Gasteiger charge is 2.30. The fraction of sp³-hybridized carbons (Fsp3) is 0.909. The van der Waals surface area contributed by atoms with Crippen LogP contribution in [0.1, 0.15) is 33.1 Å². The van der Waals surface area contributed by atoms with Gasteiger partial charge in [-0.2, -0.15) is 0 Å². The average molecular weight is 213 g/mol.